The van der Waals surface area contributed by atoms with Gasteiger partial charge in [0.1, 0.15) is 5.82 Å². The molecule has 0 saturated carbocycles. The van der Waals surface area contributed by atoms with E-state index in [0.29, 0.717) is 5.95 Å². The molecule has 2 N–H and O–H groups in total. The van der Waals surface area contributed by atoms with E-state index in [-0.39, 0.29) is 0 Å². The van der Waals surface area contributed by atoms with Gasteiger partial charge in [-0.2, -0.15) is 4.98 Å². The summed E-state index contributed by atoms with van der Waals surface area (Å²) in [4.78, 5) is 9.06. The Balaban J connectivity index is 1.66. The van der Waals surface area contributed by atoms with Gasteiger partial charge in [0.05, 0.1) is 0 Å². The average molecular weight is 332 g/mol. The zero-order chi connectivity index (χ0) is 17.6. The molecule has 0 atom stereocenters. The molecule has 1 heterocycles. The van der Waals surface area contributed by atoms with E-state index in [1.807, 2.05) is 19.1 Å². The zero-order valence-corrected chi connectivity index (χ0v) is 15.0. The van der Waals surface area contributed by atoms with E-state index in [2.05, 4.69) is 76.9 Å². The number of hydrogen-bond donors (Lipinski definition) is 2. The lowest BCUT2D eigenvalue weighted by Crippen LogP contribution is -2.08. The molecule has 1 aromatic heterocycles. The van der Waals surface area contributed by atoms with Crippen LogP contribution in [0, 0.1) is 20.8 Å². The maximum absolute atomic E-state index is 4.58. The lowest BCUT2D eigenvalue weighted by molar-refractivity contribution is 0.995. The summed E-state index contributed by atoms with van der Waals surface area (Å²) in [5.74, 6) is 1.46. The van der Waals surface area contributed by atoms with Crippen LogP contribution in [0.4, 0.5) is 17.5 Å². The SMILES string of the molecule is Cc1cc(NCCc2ccccc2)nc(Nc2ccc(C)c(C)c2)n1. The van der Waals surface area contributed by atoms with Crippen molar-refractivity contribution in [2.75, 3.05) is 17.2 Å². The highest BCUT2D eigenvalue weighted by Crippen LogP contribution is 2.19. The molecule has 3 aromatic rings. The largest absolute Gasteiger partial charge is 0.370 e. The van der Waals surface area contributed by atoms with Crippen LogP contribution in [-0.4, -0.2) is 16.5 Å². The summed E-state index contributed by atoms with van der Waals surface area (Å²) in [5, 5.41) is 6.69. The molecule has 4 nitrogen and oxygen atoms in total. The number of rotatable bonds is 6. The topological polar surface area (TPSA) is 49.8 Å². The fourth-order valence-corrected chi connectivity index (χ4v) is 2.64. The Morgan fingerprint density at radius 1 is 0.840 bits per heavy atom. The predicted molar refractivity (Wildman–Crippen MR) is 105 cm³/mol. The molecule has 0 spiro atoms. The first-order valence-electron chi connectivity index (χ1n) is 8.58. The van der Waals surface area contributed by atoms with Crippen molar-refractivity contribution in [3.8, 4) is 0 Å². The fraction of sp³-hybridized carbons (Fsp3) is 0.238. The Hall–Kier alpha value is -2.88. The molecule has 2 aromatic carbocycles. The number of nitrogens with one attached hydrogen (secondary N) is 2. The van der Waals surface area contributed by atoms with Crippen molar-refractivity contribution in [2.45, 2.75) is 27.2 Å². The van der Waals surface area contributed by atoms with E-state index >= 15 is 0 Å². The third-order valence-electron chi connectivity index (χ3n) is 4.18. The van der Waals surface area contributed by atoms with E-state index in [4.69, 9.17) is 0 Å². The van der Waals surface area contributed by atoms with E-state index in [9.17, 15) is 0 Å². The maximum atomic E-state index is 4.58. The maximum Gasteiger partial charge on any atom is 0.229 e. The molecule has 25 heavy (non-hydrogen) atoms. The first-order chi connectivity index (χ1) is 12.1. The first kappa shape index (κ1) is 17.0. The predicted octanol–water partition coefficient (Wildman–Crippen LogP) is 4.80. The van der Waals surface area contributed by atoms with E-state index < -0.39 is 0 Å². The minimum absolute atomic E-state index is 0.616. The molecule has 0 amide bonds. The van der Waals surface area contributed by atoms with Gasteiger partial charge in [-0.3, -0.25) is 0 Å². The van der Waals surface area contributed by atoms with Crippen LogP contribution < -0.4 is 10.6 Å². The molecule has 0 radical (unpaired) electrons. The summed E-state index contributed by atoms with van der Waals surface area (Å²) in [7, 11) is 0. The highest BCUT2D eigenvalue weighted by Gasteiger charge is 2.04. The van der Waals surface area contributed by atoms with Gasteiger partial charge < -0.3 is 10.6 Å². The third kappa shape index (κ3) is 4.80. The van der Waals surface area contributed by atoms with Crippen molar-refractivity contribution in [2.24, 2.45) is 0 Å². The van der Waals surface area contributed by atoms with Crippen molar-refractivity contribution in [3.63, 3.8) is 0 Å². The standard InChI is InChI=1S/C21H24N4/c1-15-9-10-19(13-16(15)2)24-21-23-17(3)14-20(25-21)22-12-11-18-7-5-4-6-8-18/h4-10,13-14H,11-12H2,1-3H3,(H2,22,23,24,25). The molecule has 0 unspecified atom stereocenters. The number of hydrogen-bond acceptors (Lipinski definition) is 4. The number of benzene rings is 2. The van der Waals surface area contributed by atoms with Crippen LogP contribution in [0.15, 0.2) is 54.6 Å². The van der Waals surface area contributed by atoms with Crippen molar-refractivity contribution in [1.29, 1.82) is 0 Å². The van der Waals surface area contributed by atoms with Gasteiger partial charge in [0.2, 0.25) is 5.95 Å². The summed E-state index contributed by atoms with van der Waals surface area (Å²) >= 11 is 0. The summed E-state index contributed by atoms with van der Waals surface area (Å²) in [6.45, 7) is 7.03. The van der Waals surface area contributed by atoms with Gasteiger partial charge in [0.25, 0.3) is 0 Å². The average Bonchev–Trinajstić information content (AvgIpc) is 2.59. The van der Waals surface area contributed by atoms with Gasteiger partial charge in [-0.05, 0) is 56.0 Å². The van der Waals surface area contributed by atoms with Crippen LogP contribution in [0.3, 0.4) is 0 Å². The second kappa shape index (κ2) is 7.79. The van der Waals surface area contributed by atoms with Crippen LogP contribution in [0.5, 0.6) is 0 Å². The quantitative estimate of drug-likeness (QED) is 0.681. The Bertz CT molecular complexity index is 844. The van der Waals surface area contributed by atoms with Crippen molar-refractivity contribution >= 4 is 17.5 Å². The lowest BCUT2D eigenvalue weighted by atomic mass is 10.1. The zero-order valence-electron chi connectivity index (χ0n) is 15.0. The summed E-state index contributed by atoms with van der Waals surface area (Å²) < 4.78 is 0. The highest BCUT2D eigenvalue weighted by molar-refractivity contribution is 5.57. The summed E-state index contributed by atoms with van der Waals surface area (Å²) in [6.07, 6.45) is 0.962. The molecule has 0 aliphatic carbocycles. The molecule has 4 heteroatoms. The molecular weight excluding hydrogens is 308 g/mol. The Kier molecular flexibility index (Phi) is 5.29. The third-order valence-corrected chi connectivity index (χ3v) is 4.18. The van der Waals surface area contributed by atoms with Crippen LogP contribution in [0.2, 0.25) is 0 Å². The molecule has 3 rings (SSSR count). The van der Waals surface area contributed by atoms with Crippen LogP contribution >= 0.6 is 0 Å². The molecule has 0 aliphatic heterocycles. The number of aryl methyl sites for hydroxylation is 3. The molecule has 0 saturated heterocycles. The minimum atomic E-state index is 0.616. The number of nitrogens with zero attached hydrogens (tertiary/aromatic N) is 2. The van der Waals surface area contributed by atoms with E-state index in [1.54, 1.807) is 0 Å². The molecule has 0 aliphatic rings. The number of anilines is 3. The van der Waals surface area contributed by atoms with Gasteiger partial charge in [-0.25, -0.2) is 4.98 Å². The van der Waals surface area contributed by atoms with E-state index in [0.717, 1.165) is 30.2 Å². The van der Waals surface area contributed by atoms with Gasteiger partial charge in [-0.15, -0.1) is 0 Å². The highest BCUT2D eigenvalue weighted by atomic mass is 15.1. The Morgan fingerprint density at radius 3 is 2.40 bits per heavy atom. The molecule has 0 bridgehead atoms. The van der Waals surface area contributed by atoms with E-state index in [1.165, 1.54) is 16.7 Å². The smallest absolute Gasteiger partial charge is 0.229 e. The molecule has 0 fully saturated rings. The Morgan fingerprint density at radius 2 is 1.64 bits per heavy atom. The lowest BCUT2D eigenvalue weighted by Gasteiger charge is -2.11. The molecular formula is C21H24N4. The van der Waals surface area contributed by atoms with Crippen LogP contribution in [-0.2, 0) is 6.42 Å². The first-order valence-corrected chi connectivity index (χ1v) is 8.58. The van der Waals surface area contributed by atoms with Crippen molar-refractivity contribution < 1.29 is 0 Å². The Labute approximate surface area is 149 Å². The van der Waals surface area contributed by atoms with Crippen LogP contribution in [0.1, 0.15) is 22.4 Å². The van der Waals surface area contributed by atoms with Crippen LogP contribution in [0.25, 0.3) is 0 Å². The monoisotopic (exact) mass is 332 g/mol. The van der Waals surface area contributed by atoms with Gasteiger partial charge in [0, 0.05) is 24.0 Å². The fourth-order valence-electron chi connectivity index (χ4n) is 2.64. The number of aromatic nitrogens is 2. The second-order valence-electron chi connectivity index (χ2n) is 6.30. The van der Waals surface area contributed by atoms with Gasteiger partial charge >= 0.3 is 0 Å². The normalized spacial score (nSPS) is 10.5. The minimum Gasteiger partial charge on any atom is -0.370 e. The second-order valence-corrected chi connectivity index (χ2v) is 6.30. The van der Waals surface area contributed by atoms with Crippen molar-refractivity contribution in [1.82, 2.24) is 9.97 Å². The summed E-state index contributed by atoms with van der Waals surface area (Å²) in [5.41, 5.74) is 5.78. The van der Waals surface area contributed by atoms with Gasteiger partial charge in [0.15, 0.2) is 0 Å². The van der Waals surface area contributed by atoms with Gasteiger partial charge in [-0.1, -0.05) is 36.4 Å². The molecule has 128 valence electrons. The summed E-state index contributed by atoms with van der Waals surface area (Å²) in [6, 6.07) is 18.7. The van der Waals surface area contributed by atoms with Crippen molar-refractivity contribution in [3.05, 3.63) is 77.0 Å².